The summed E-state index contributed by atoms with van der Waals surface area (Å²) in [5.74, 6) is 1.12. The van der Waals surface area contributed by atoms with Gasteiger partial charge in [0.15, 0.2) is 5.75 Å². The molecule has 2 atom stereocenters. The Morgan fingerprint density at radius 1 is 0.862 bits per heavy atom. The summed E-state index contributed by atoms with van der Waals surface area (Å²) in [7, 11) is -3.52. The van der Waals surface area contributed by atoms with Gasteiger partial charge in [0.25, 0.3) is 5.69 Å². The van der Waals surface area contributed by atoms with Crippen molar-refractivity contribution in [3.63, 3.8) is 0 Å². The van der Waals surface area contributed by atoms with E-state index >= 15 is 0 Å². The van der Waals surface area contributed by atoms with Gasteiger partial charge in [0.1, 0.15) is 5.75 Å². The number of nitrogens with two attached hydrogens (primary N) is 1. The largest absolute Gasteiger partial charge is 0.455 e. The van der Waals surface area contributed by atoms with Gasteiger partial charge >= 0.3 is 6.03 Å². The fourth-order valence-corrected chi connectivity index (χ4v) is 8.96. The number of urea groups is 1. The van der Waals surface area contributed by atoms with E-state index in [4.69, 9.17) is 10.5 Å². The summed E-state index contributed by atoms with van der Waals surface area (Å²) in [5.41, 5.74) is 8.02. The molecule has 58 heavy (non-hydrogen) atoms. The maximum absolute atomic E-state index is 11.3. The molecule has 2 amide bonds. The minimum absolute atomic E-state index is 0.0563. The average molecular weight is 813 g/mol. The Morgan fingerprint density at radius 3 is 2.26 bits per heavy atom. The van der Waals surface area contributed by atoms with Gasteiger partial charge in [0.2, 0.25) is 10.0 Å². The van der Waals surface area contributed by atoms with E-state index in [9.17, 15) is 28.5 Å². The summed E-state index contributed by atoms with van der Waals surface area (Å²) in [6.07, 6.45) is 2.17. The lowest BCUT2D eigenvalue weighted by Gasteiger charge is -2.18. The van der Waals surface area contributed by atoms with Crippen molar-refractivity contribution in [3.05, 3.63) is 166 Å². The van der Waals surface area contributed by atoms with Crippen molar-refractivity contribution < 1.29 is 28.1 Å². The number of primary amides is 1. The number of anilines is 1. The molecule has 11 nitrogen and oxygen atoms in total. The third-order valence-corrected chi connectivity index (χ3v) is 11.8. The van der Waals surface area contributed by atoms with Crippen LogP contribution in [0.15, 0.2) is 140 Å². The Bertz CT molecular complexity index is 2900. The first-order valence-electron chi connectivity index (χ1n) is 18.4. The SMILES string of the molecule is CC(c1cc2ccccc2s1)N(O)C(N)=O.CC1Cc2cccc3cc4c(ccc5ccccc54)c1c23.CS(=O)(=O)Nc1ccc([N+](=O)[O-])cc1Oc1ccccc1. The minimum Gasteiger partial charge on any atom is -0.455 e. The fraction of sp³-hybridized carbons (Fsp3) is 0.133. The molecule has 13 heteroatoms. The van der Waals surface area contributed by atoms with Gasteiger partial charge in [-0.05, 0) is 104 Å². The maximum atomic E-state index is 11.3. The molecule has 0 radical (unpaired) electrons. The van der Waals surface area contributed by atoms with Gasteiger partial charge in [-0.2, -0.15) is 5.06 Å². The maximum Gasteiger partial charge on any atom is 0.339 e. The van der Waals surface area contributed by atoms with Crippen molar-refractivity contribution in [3.8, 4) is 11.5 Å². The summed E-state index contributed by atoms with van der Waals surface area (Å²) < 4.78 is 31.5. The quantitative estimate of drug-likeness (QED) is 0.0473. The highest BCUT2D eigenvalue weighted by molar-refractivity contribution is 7.92. The monoisotopic (exact) mass is 812 g/mol. The first kappa shape index (κ1) is 39.7. The normalized spacial score (nSPS) is 13.6. The number of hydrogen-bond acceptors (Lipinski definition) is 8. The van der Waals surface area contributed by atoms with Crippen LogP contribution in [0.4, 0.5) is 16.2 Å². The molecule has 1 aliphatic carbocycles. The van der Waals surface area contributed by atoms with E-state index in [1.807, 2.05) is 30.3 Å². The van der Waals surface area contributed by atoms with Crippen LogP contribution >= 0.6 is 11.3 Å². The van der Waals surface area contributed by atoms with Crippen LogP contribution < -0.4 is 15.2 Å². The molecular weight excluding hydrogens is 773 g/mol. The van der Waals surface area contributed by atoms with Gasteiger partial charge in [-0.15, -0.1) is 11.3 Å². The smallest absolute Gasteiger partial charge is 0.339 e. The van der Waals surface area contributed by atoms with Crippen LogP contribution in [0, 0.1) is 10.1 Å². The highest BCUT2D eigenvalue weighted by Crippen LogP contribution is 2.44. The summed E-state index contributed by atoms with van der Waals surface area (Å²) in [6.45, 7) is 4.10. The molecule has 4 N–H and O–H groups in total. The van der Waals surface area contributed by atoms with Crippen LogP contribution in [0.2, 0.25) is 0 Å². The third kappa shape index (κ3) is 8.56. The summed E-state index contributed by atoms with van der Waals surface area (Å²) >= 11 is 1.54. The van der Waals surface area contributed by atoms with E-state index < -0.39 is 27.0 Å². The molecule has 1 aliphatic rings. The predicted octanol–water partition coefficient (Wildman–Crippen LogP) is 11.3. The number of thiophene rings is 1. The highest BCUT2D eigenvalue weighted by Gasteiger charge is 2.24. The summed E-state index contributed by atoms with van der Waals surface area (Å²) in [5, 5.41) is 30.4. The van der Waals surface area contributed by atoms with Crippen molar-refractivity contribution in [1.82, 2.24) is 5.06 Å². The zero-order valence-corrected chi connectivity index (χ0v) is 33.5. The van der Waals surface area contributed by atoms with Gasteiger partial charge in [-0.3, -0.25) is 20.0 Å². The molecular formula is C45H40N4O7S2. The fourth-order valence-electron chi connectivity index (χ4n) is 7.29. The molecule has 0 fully saturated rings. The Hall–Kier alpha value is -6.54. The molecule has 0 saturated heterocycles. The second-order valence-electron chi connectivity index (χ2n) is 14.1. The lowest BCUT2D eigenvalue weighted by Crippen LogP contribution is -2.34. The van der Waals surface area contributed by atoms with Gasteiger partial charge in [-0.25, -0.2) is 13.2 Å². The number of benzene rings is 7. The molecule has 0 aliphatic heterocycles. The van der Waals surface area contributed by atoms with E-state index in [0.717, 1.165) is 21.2 Å². The number of carbonyl (C=O) groups is 1. The van der Waals surface area contributed by atoms with Crippen molar-refractivity contribution >= 4 is 81.2 Å². The topological polar surface area (TPSA) is 165 Å². The highest BCUT2D eigenvalue weighted by atomic mass is 32.2. The minimum atomic E-state index is -3.52. The summed E-state index contributed by atoms with van der Waals surface area (Å²) in [4.78, 5) is 22.0. The molecule has 2 unspecified atom stereocenters. The number of hydrogen-bond donors (Lipinski definition) is 3. The second kappa shape index (κ2) is 16.5. The zero-order valence-electron chi connectivity index (χ0n) is 31.8. The first-order valence-corrected chi connectivity index (χ1v) is 21.1. The number of nitro groups is 1. The number of hydroxylamine groups is 2. The molecule has 0 bridgehead atoms. The molecule has 0 spiro atoms. The van der Waals surface area contributed by atoms with Crippen molar-refractivity contribution in [1.29, 1.82) is 0 Å². The van der Waals surface area contributed by atoms with E-state index in [1.165, 1.54) is 62.5 Å². The first-order chi connectivity index (χ1) is 27.8. The number of nitrogens with zero attached hydrogens (tertiary/aromatic N) is 2. The third-order valence-electron chi connectivity index (χ3n) is 9.92. The molecule has 9 rings (SSSR count). The van der Waals surface area contributed by atoms with E-state index in [0.29, 0.717) is 16.7 Å². The molecule has 8 aromatic rings. The number of carbonyl (C=O) groups excluding carboxylic acids is 1. The Balaban J connectivity index is 0.000000134. The Morgan fingerprint density at radius 2 is 1.55 bits per heavy atom. The van der Waals surface area contributed by atoms with Gasteiger partial charge in [-0.1, -0.05) is 97.9 Å². The van der Waals surface area contributed by atoms with Crippen LogP contribution in [-0.4, -0.2) is 35.9 Å². The van der Waals surface area contributed by atoms with Crippen LogP contribution in [0.1, 0.15) is 41.8 Å². The van der Waals surface area contributed by atoms with E-state index in [2.05, 4.69) is 72.3 Å². The van der Waals surface area contributed by atoms with Gasteiger partial charge < -0.3 is 10.5 Å². The number of fused-ring (bicyclic) bond motifs is 5. The number of nitrogens with one attached hydrogen (secondary N) is 1. The number of amides is 2. The van der Waals surface area contributed by atoms with Crippen LogP contribution in [0.25, 0.3) is 42.4 Å². The molecule has 0 saturated carbocycles. The standard InChI is InChI=1S/C21H16.C13H12N2O5S.C11H12N2O2S/c1-13-11-15-6-4-7-16-12-19-17-8-3-2-5-14(17)9-10-18(19)20(13)21(15)16;1-21(18,19)14-12-8-7-10(15(16)17)9-13(12)20-11-5-3-2-4-6-11;1-7(13(15)11(12)14)10-6-8-4-2-3-5-9(8)16-10/h2-10,12-13H,11H2,1H3;2-9,14H,1H3;2-7,15H,1H3,(H2,12,14). The number of nitro benzene ring substituents is 1. The van der Waals surface area contributed by atoms with E-state index in [-0.39, 0.29) is 17.1 Å². The molecule has 7 aromatic carbocycles. The number of ether oxygens (including phenoxy) is 1. The van der Waals surface area contributed by atoms with Crippen LogP contribution in [0.3, 0.4) is 0 Å². The Labute approximate surface area is 339 Å². The van der Waals surface area contributed by atoms with Crippen LogP contribution in [-0.2, 0) is 16.4 Å². The van der Waals surface area contributed by atoms with Crippen molar-refractivity contribution in [2.45, 2.75) is 32.2 Å². The predicted molar refractivity (Wildman–Crippen MR) is 233 cm³/mol. The zero-order chi connectivity index (χ0) is 41.1. The van der Waals surface area contributed by atoms with Crippen LogP contribution in [0.5, 0.6) is 11.5 Å². The second-order valence-corrected chi connectivity index (χ2v) is 16.9. The van der Waals surface area contributed by atoms with Crippen molar-refractivity contribution in [2.24, 2.45) is 5.73 Å². The van der Waals surface area contributed by atoms with Gasteiger partial charge in [0.05, 0.1) is 29.0 Å². The Kier molecular flexibility index (Phi) is 11.3. The number of rotatable bonds is 7. The molecule has 1 aromatic heterocycles. The number of sulfonamides is 1. The average Bonchev–Trinajstić information content (AvgIpc) is 3.80. The van der Waals surface area contributed by atoms with Crippen molar-refractivity contribution in [2.75, 3.05) is 11.0 Å². The van der Waals surface area contributed by atoms with Gasteiger partial charge in [0, 0.05) is 15.6 Å². The number of non-ortho nitro benzene ring substituents is 1. The van der Waals surface area contributed by atoms with E-state index in [1.54, 1.807) is 54.2 Å². The lowest BCUT2D eigenvalue weighted by molar-refractivity contribution is -0.384. The number of para-hydroxylation sites is 1. The lowest BCUT2D eigenvalue weighted by atomic mass is 9.91. The summed E-state index contributed by atoms with van der Waals surface area (Å²) in [6, 6.07) is 43.3. The molecule has 1 heterocycles. The molecule has 294 valence electrons.